The molecule has 2 rings (SSSR count). The second-order valence-corrected chi connectivity index (χ2v) is 6.38. The van der Waals surface area contributed by atoms with Gasteiger partial charge in [0.15, 0.2) is 0 Å². The van der Waals surface area contributed by atoms with E-state index in [9.17, 15) is 0 Å². The number of hydrogen-bond acceptors (Lipinski definition) is 4. The minimum absolute atomic E-state index is 0.113. The third kappa shape index (κ3) is 3.59. The second kappa shape index (κ2) is 6.06. The third-order valence-corrected chi connectivity index (χ3v) is 4.57. The highest BCUT2D eigenvalue weighted by atomic mass is 79.9. The molecule has 3 N–H and O–H groups in total. The molecule has 0 fully saturated rings. The largest absolute Gasteiger partial charge is 0.271 e. The molecular weight excluding hydrogens is 366 g/mol. The summed E-state index contributed by atoms with van der Waals surface area (Å²) in [5.74, 6) is 5.61. The van der Waals surface area contributed by atoms with Crippen molar-refractivity contribution in [3.8, 4) is 0 Å². The van der Waals surface area contributed by atoms with Gasteiger partial charge in [0.2, 0.25) is 0 Å². The molecule has 0 saturated carbocycles. The summed E-state index contributed by atoms with van der Waals surface area (Å²) in [4.78, 5) is 5.36. The molecule has 0 saturated heterocycles. The van der Waals surface area contributed by atoms with Crippen molar-refractivity contribution >= 4 is 43.2 Å². The molecule has 2 aromatic heterocycles. The lowest BCUT2D eigenvalue weighted by atomic mass is 10.1. The zero-order chi connectivity index (χ0) is 12.3. The molecule has 0 aliphatic heterocycles. The number of thiophene rings is 1. The Kier molecular flexibility index (Phi) is 4.69. The van der Waals surface area contributed by atoms with Crippen molar-refractivity contribution in [3.05, 3.63) is 49.3 Å². The van der Waals surface area contributed by atoms with E-state index in [2.05, 4.69) is 59.8 Å². The molecule has 6 heteroatoms. The second-order valence-electron chi connectivity index (χ2n) is 3.60. The van der Waals surface area contributed by atoms with Crippen molar-refractivity contribution in [1.82, 2.24) is 10.4 Å². The average molecular weight is 377 g/mol. The van der Waals surface area contributed by atoms with E-state index in [1.54, 1.807) is 17.5 Å². The Balaban J connectivity index is 2.15. The van der Waals surface area contributed by atoms with E-state index < -0.39 is 0 Å². The van der Waals surface area contributed by atoms with Crippen molar-refractivity contribution in [2.75, 3.05) is 0 Å². The molecule has 17 heavy (non-hydrogen) atoms. The number of nitrogens with two attached hydrogens (primary N) is 1. The van der Waals surface area contributed by atoms with Gasteiger partial charge in [-0.1, -0.05) is 0 Å². The van der Waals surface area contributed by atoms with Gasteiger partial charge >= 0.3 is 0 Å². The van der Waals surface area contributed by atoms with E-state index >= 15 is 0 Å². The van der Waals surface area contributed by atoms with Crippen molar-refractivity contribution in [2.24, 2.45) is 5.84 Å². The van der Waals surface area contributed by atoms with Gasteiger partial charge < -0.3 is 0 Å². The summed E-state index contributed by atoms with van der Waals surface area (Å²) < 4.78 is 2.07. The SMILES string of the molecule is NNC(Cc1cncc(Br)c1)c1cc(Br)cs1. The van der Waals surface area contributed by atoms with E-state index in [1.165, 1.54) is 4.88 Å². The first-order valence-corrected chi connectivity index (χ1v) is 7.45. The monoisotopic (exact) mass is 375 g/mol. The maximum Gasteiger partial charge on any atom is 0.0594 e. The maximum absolute atomic E-state index is 5.61. The van der Waals surface area contributed by atoms with Crippen LogP contribution in [0.3, 0.4) is 0 Å². The Hall–Kier alpha value is -0.270. The van der Waals surface area contributed by atoms with Gasteiger partial charge in [0.1, 0.15) is 0 Å². The molecule has 2 aromatic rings. The number of hydrazine groups is 1. The van der Waals surface area contributed by atoms with Crippen LogP contribution < -0.4 is 11.3 Å². The zero-order valence-corrected chi connectivity index (χ0v) is 12.8. The molecule has 0 aliphatic carbocycles. The summed E-state index contributed by atoms with van der Waals surface area (Å²) in [6.45, 7) is 0. The fourth-order valence-corrected chi connectivity index (χ4v) is 3.47. The van der Waals surface area contributed by atoms with E-state index in [0.717, 1.165) is 20.9 Å². The first-order chi connectivity index (χ1) is 8.19. The van der Waals surface area contributed by atoms with Crippen LogP contribution in [0.25, 0.3) is 0 Å². The fourth-order valence-electron chi connectivity index (χ4n) is 1.56. The molecule has 0 aromatic carbocycles. The molecular formula is C11H11Br2N3S. The van der Waals surface area contributed by atoms with Gasteiger partial charge in [-0.05, 0) is 56.0 Å². The summed E-state index contributed by atoms with van der Waals surface area (Å²) in [5.41, 5.74) is 3.99. The van der Waals surface area contributed by atoms with Gasteiger partial charge in [0, 0.05) is 31.6 Å². The predicted octanol–water partition coefficient (Wildman–Crippen LogP) is 3.42. The number of nitrogens with one attached hydrogen (secondary N) is 1. The van der Waals surface area contributed by atoms with Crippen molar-refractivity contribution in [3.63, 3.8) is 0 Å². The van der Waals surface area contributed by atoms with Crippen LogP contribution in [-0.4, -0.2) is 4.98 Å². The van der Waals surface area contributed by atoms with Crippen LogP contribution >= 0.6 is 43.2 Å². The average Bonchev–Trinajstić information content (AvgIpc) is 2.73. The standard InChI is InChI=1S/C11H11Br2N3S/c12-8-1-7(4-15-5-8)2-10(16-14)11-3-9(13)6-17-11/h1,3-6,10,16H,2,14H2. The normalized spacial score (nSPS) is 12.6. The van der Waals surface area contributed by atoms with E-state index in [-0.39, 0.29) is 6.04 Å². The van der Waals surface area contributed by atoms with Crippen LogP contribution in [0.2, 0.25) is 0 Å². The number of nitrogens with zero attached hydrogens (tertiary/aromatic N) is 1. The van der Waals surface area contributed by atoms with Crippen molar-refractivity contribution in [1.29, 1.82) is 0 Å². The summed E-state index contributed by atoms with van der Waals surface area (Å²) >= 11 is 8.55. The molecule has 0 bridgehead atoms. The molecule has 0 amide bonds. The quantitative estimate of drug-likeness (QED) is 0.634. The van der Waals surface area contributed by atoms with Gasteiger partial charge in [-0.15, -0.1) is 11.3 Å². The smallest absolute Gasteiger partial charge is 0.0594 e. The summed E-state index contributed by atoms with van der Waals surface area (Å²) in [6.07, 6.45) is 4.45. The van der Waals surface area contributed by atoms with Crippen LogP contribution in [-0.2, 0) is 6.42 Å². The Bertz CT molecular complexity index is 501. The van der Waals surface area contributed by atoms with Crippen molar-refractivity contribution in [2.45, 2.75) is 12.5 Å². The molecule has 2 heterocycles. The number of hydrogen-bond donors (Lipinski definition) is 2. The highest BCUT2D eigenvalue weighted by molar-refractivity contribution is 9.10. The molecule has 1 atom stereocenters. The molecule has 0 spiro atoms. The van der Waals surface area contributed by atoms with Crippen LogP contribution in [0, 0.1) is 0 Å². The number of rotatable bonds is 4. The van der Waals surface area contributed by atoms with Gasteiger partial charge in [0.25, 0.3) is 0 Å². The Morgan fingerprint density at radius 2 is 2.12 bits per heavy atom. The van der Waals surface area contributed by atoms with E-state index in [1.807, 2.05) is 6.20 Å². The Morgan fingerprint density at radius 1 is 1.29 bits per heavy atom. The van der Waals surface area contributed by atoms with Crippen LogP contribution in [0.15, 0.2) is 38.9 Å². The highest BCUT2D eigenvalue weighted by Gasteiger charge is 2.13. The minimum Gasteiger partial charge on any atom is -0.271 e. The predicted molar refractivity (Wildman–Crippen MR) is 77.7 cm³/mol. The van der Waals surface area contributed by atoms with Crippen LogP contribution in [0.1, 0.15) is 16.5 Å². The van der Waals surface area contributed by atoms with Gasteiger partial charge in [0.05, 0.1) is 6.04 Å². The molecule has 0 aliphatic rings. The minimum atomic E-state index is 0.113. The van der Waals surface area contributed by atoms with E-state index in [0.29, 0.717) is 0 Å². The molecule has 1 unspecified atom stereocenters. The fraction of sp³-hybridized carbons (Fsp3) is 0.182. The first-order valence-electron chi connectivity index (χ1n) is 4.98. The van der Waals surface area contributed by atoms with Gasteiger partial charge in [-0.25, -0.2) is 0 Å². The number of halogens is 2. The Morgan fingerprint density at radius 3 is 2.71 bits per heavy atom. The highest BCUT2D eigenvalue weighted by Crippen LogP contribution is 2.27. The Labute approximate surface area is 121 Å². The first kappa shape index (κ1) is 13.2. The summed E-state index contributed by atoms with van der Waals surface area (Å²) in [6, 6.07) is 4.25. The lowest BCUT2D eigenvalue weighted by Crippen LogP contribution is -2.28. The molecule has 0 radical (unpaired) electrons. The zero-order valence-electron chi connectivity index (χ0n) is 8.86. The number of aromatic nitrogens is 1. The topological polar surface area (TPSA) is 50.9 Å². The van der Waals surface area contributed by atoms with Crippen molar-refractivity contribution < 1.29 is 0 Å². The van der Waals surface area contributed by atoms with E-state index in [4.69, 9.17) is 5.84 Å². The van der Waals surface area contributed by atoms with Crippen LogP contribution in [0.5, 0.6) is 0 Å². The lowest BCUT2D eigenvalue weighted by molar-refractivity contribution is 0.559. The number of pyridine rings is 1. The summed E-state index contributed by atoms with van der Waals surface area (Å²) in [7, 11) is 0. The van der Waals surface area contributed by atoms with Crippen LogP contribution in [0.4, 0.5) is 0 Å². The lowest BCUT2D eigenvalue weighted by Gasteiger charge is -2.14. The summed E-state index contributed by atoms with van der Waals surface area (Å²) in [5, 5.41) is 2.05. The third-order valence-electron chi connectivity index (χ3n) is 2.33. The molecule has 3 nitrogen and oxygen atoms in total. The molecule has 90 valence electrons. The maximum atomic E-state index is 5.61. The van der Waals surface area contributed by atoms with Gasteiger partial charge in [-0.2, -0.15) is 0 Å². The van der Waals surface area contributed by atoms with Gasteiger partial charge in [-0.3, -0.25) is 16.3 Å².